The minimum Gasteiger partial charge on any atom is -0.506 e. The summed E-state index contributed by atoms with van der Waals surface area (Å²) in [6.45, 7) is 4.49. The molecule has 0 aromatic heterocycles. The van der Waals surface area contributed by atoms with Crippen LogP contribution in [0.4, 0.5) is 15.3 Å². The molecule has 0 bridgehead atoms. The molecule has 2 aromatic rings. The molecule has 0 saturated carbocycles. The highest BCUT2D eigenvalue weighted by atomic mass is 79.9. The molecule has 6 amide bonds. The van der Waals surface area contributed by atoms with Gasteiger partial charge in [-0.05, 0) is 107 Å². The molecule has 0 unspecified atom stereocenters. The molecule has 3 aliphatic heterocycles. The number of nitrogens with one attached hydrogen (secondary N) is 3. The molecule has 2 aromatic carbocycles. The van der Waals surface area contributed by atoms with E-state index in [1.165, 1.54) is 0 Å². The minimum atomic E-state index is -1.00. The second-order valence-electron chi connectivity index (χ2n) is 13.0. The van der Waals surface area contributed by atoms with E-state index >= 15 is 0 Å². The van der Waals surface area contributed by atoms with Crippen molar-refractivity contribution >= 4 is 61.4 Å². The normalized spacial score (nSPS) is 18.4. The number of phenols is 1. The molecule has 13 nitrogen and oxygen atoms in total. The number of piperazine rings is 1. The SMILES string of the molecule is CN1CCN(C(=O)[C@H](CCCCN)NC(=O)[C@@H](Cc2cc(Br)c(O)c(Br)c2)NC(=O)N2CCC(N3Cc4ccccc4NC3=O)CC2)CC1. The molecule has 0 radical (unpaired) electrons. The van der Waals surface area contributed by atoms with Crippen LogP contribution in [0.5, 0.6) is 5.75 Å². The van der Waals surface area contributed by atoms with Gasteiger partial charge in [0.25, 0.3) is 0 Å². The first-order valence-electron chi connectivity index (χ1n) is 16.9. The van der Waals surface area contributed by atoms with E-state index in [9.17, 15) is 24.3 Å². The fourth-order valence-electron chi connectivity index (χ4n) is 6.59. The monoisotopic (exact) mass is 804 g/mol. The topological polar surface area (TPSA) is 164 Å². The predicted octanol–water partition coefficient (Wildman–Crippen LogP) is 3.44. The molecule has 3 heterocycles. The Morgan fingerprint density at radius 1 is 0.959 bits per heavy atom. The number of hydrogen-bond donors (Lipinski definition) is 5. The lowest BCUT2D eigenvalue weighted by Gasteiger charge is -2.40. The lowest BCUT2D eigenvalue weighted by molar-refractivity contribution is -0.138. The summed E-state index contributed by atoms with van der Waals surface area (Å²) in [6.07, 6.45) is 3.15. The van der Waals surface area contributed by atoms with Crippen molar-refractivity contribution in [1.82, 2.24) is 30.2 Å². The number of rotatable bonds is 11. The first-order chi connectivity index (χ1) is 23.5. The van der Waals surface area contributed by atoms with Gasteiger partial charge in [-0.15, -0.1) is 0 Å². The third-order valence-corrected chi connectivity index (χ3v) is 10.8. The largest absolute Gasteiger partial charge is 0.506 e. The van der Waals surface area contributed by atoms with Crippen molar-refractivity contribution in [3.05, 3.63) is 56.5 Å². The number of halogens is 2. The Hall–Kier alpha value is -3.40. The Morgan fingerprint density at radius 3 is 2.31 bits per heavy atom. The lowest BCUT2D eigenvalue weighted by atomic mass is 10.0. The first-order valence-corrected chi connectivity index (χ1v) is 18.5. The van der Waals surface area contributed by atoms with E-state index in [1.807, 2.05) is 36.2 Å². The highest BCUT2D eigenvalue weighted by Gasteiger charge is 2.35. The number of benzene rings is 2. The van der Waals surface area contributed by atoms with Crippen LogP contribution in [0.25, 0.3) is 0 Å². The van der Waals surface area contributed by atoms with Crippen molar-refractivity contribution in [1.29, 1.82) is 0 Å². The molecule has 2 saturated heterocycles. The van der Waals surface area contributed by atoms with Crippen LogP contribution in [0.1, 0.15) is 43.2 Å². The summed E-state index contributed by atoms with van der Waals surface area (Å²) < 4.78 is 0.887. The second-order valence-corrected chi connectivity index (χ2v) is 14.7. The number of piperidine rings is 1. The van der Waals surface area contributed by atoms with Crippen molar-refractivity contribution in [2.24, 2.45) is 5.73 Å². The van der Waals surface area contributed by atoms with Crippen LogP contribution in [0.3, 0.4) is 0 Å². The smallest absolute Gasteiger partial charge is 0.322 e. The number of fused-ring (bicyclic) bond motifs is 1. The van der Waals surface area contributed by atoms with Crippen LogP contribution in [0.15, 0.2) is 45.3 Å². The maximum absolute atomic E-state index is 14.0. The lowest BCUT2D eigenvalue weighted by Crippen LogP contribution is -2.59. The van der Waals surface area contributed by atoms with E-state index < -0.39 is 24.0 Å². The van der Waals surface area contributed by atoms with E-state index in [0.717, 1.165) is 30.8 Å². The number of anilines is 1. The van der Waals surface area contributed by atoms with Crippen molar-refractivity contribution in [3.63, 3.8) is 0 Å². The molecule has 0 spiro atoms. The van der Waals surface area contributed by atoms with Crippen molar-refractivity contribution in [3.8, 4) is 5.75 Å². The van der Waals surface area contributed by atoms with Gasteiger partial charge in [-0.2, -0.15) is 0 Å². The van der Waals surface area contributed by atoms with Gasteiger partial charge in [0.15, 0.2) is 0 Å². The quantitative estimate of drug-likeness (QED) is 0.218. The van der Waals surface area contributed by atoms with E-state index in [4.69, 9.17) is 5.73 Å². The molecule has 15 heteroatoms. The summed E-state index contributed by atoms with van der Waals surface area (Å²) in [5, 5.41) is 19.1. The van der Waals surface area contributed by atoms with E-state index in [1.54, 1.807) is 21.9 Å². The number of carbonyl (C=O) groups excluding carboxylic acids is 4. The van der Waals surface area contributed by atoms with Gasteiger partial charge in [0.05, 0.1) is 8.95 Å². The van der Waals surface area contributed by atoms with Gasteiger partial charge in [0.1, 0.15) is 17.8 Å². The number of carbonyl (C=O) groups is 4. The number of unbranched alkanes of at least 4 members (excludes halogenated alkanes) is 1. The number of para-hydroxylation sites is 1. The van der Waals surface area contributed by atoms with Gasteiger partial charge < -0.3 is 46.4 Å². The van der Waals surface area contributed by atoms with E-state index in [-0.39, 0.29) is 30.2 Å². The zero-order chi connectivity index (χ0) is 35.1. The third kappa shape index (κ3) is 9.44. The Morgan fingerprint density at radius 2 is 1.63 bits per heavy atom. The van der Waals surface area contributed by atoms with Crippen LogP contribution in [0, 0.1) is 0 Å². The number of amides is 6. The summed E-state index contributed by atoms with van der Waals surface area (Å²) in [5.74, 6) is -0.571. The summed E-state index contributed by atoms with van der Waals surface area (Å²) in [7, 11) is 2.02. The summed E-state index contributed by atoms with van der Waals surface area (Å²) >= 11 is 6.72. The molecule has 2 atom stereocenters. The molecule has 2 fully saturated rings. The van der Waals surface area contributed by atoms with Gasteiger partial charge >= 0.3 is 12.1 Å². The average Bonchev–Trinajstić information content (AvgIpc) is 3.09. The molecule has 266 valence electrons. The van der Waals surface area contributed by atoms with Crippen LogP contribution in [-0.2, 0) is 22.6 Å². The fraction of sp³-hybridized carbons (Fsp3) is 0.529. The van der Waals surface area contributed by atoms with Crippen molar-refractivity contribution in [2.75, 3.05) is 58.2 Å². The Balaban J connectivity index is 1.27. The van der Waals surface area contributed by atoms with Crippen LogP contribution < -0.4 is 21.7 Å². The maximum Gasteiger partial charge on any atom is 0.322 e. The van der Waals surface area contributed by atoms with E-state index in [0.29, 0.717) is 79.5 Å². The number of likely N-dealkylation sites (tertiary alicyclic amines) is 1. The Kier molecular flexibility index (Phi) is 12.8. The number of phenolic OH excluding ortho intramolecular Hbond substituents is 1. The van der Waals surface area contributed by atoms with Crippen LogP contribution in [-0.4, -0.2) is 120 Å². The number of aromatic hydroxyl groups is 1. The first kappa shape index (κ1) is 36.9. The molecular formula is C34H46Br2N8O5. The summed E-state index contributed by atoms with van der Waals surface area (Å²) in [6, 6.07) is 8.82. The zero-order valence-electron chi connectivity index (χ0n) is 27.8. The number of nitrogens with two attached hydrogens (primary N) is 1. The van der Waals surface area contributed by atoms with Crippen molar-refractivity contribution < 1.29 is 24.3 Å². The summed E-state index contributed by atoms with van der Waals surface area (Å²) in [4.78, 5) is 61.7. The molecule has 5 rings (SSSR count). The number of hydrogen-bond acceptors (Lipinski definition) is 7. The third-order valence-electron chi connectivity index (χ3n) is 9.56. The van der Waals surface area contributed by atoms with Gasteiger partial charge in [-0.1, -0.05) is 18.2 Å². The molecule has 49 heavy (non-hydrogen) atoms. The maximum atomic E-state index is 14.0. The fourth-order valence-corrected chi connectivity index (χ4v) is 7.87. The average molecular weight is 807 g/mol. The predicted molar refractivity (Wildman–Crippen MR) is 194 cm³/mol. The number of nitrogens with zero attached hydrogens (tertiary/aromatic N) is 4. The van der Waals surface area contributed by atoms with Gasteiger partial charge in [-0.3, -0.25) is 9.59 Å². The van der Waals surface area contributed by atoms with Gasteiger partial charge in [0, 0.05) is 64.0 Å². The van der Waals surface area contributed by atoms with Crippen LogP contribution >= 0.6 is 31.9 Å². The van der Waals surface area contributed by atoms with Crippen LogP contribution in [0.2, 0.25) is 0 Å². The van der Waals surface area contributed by atoms with Gasteiger partial charge in [0.2, 0.25) is 11.8 Å². The minimum absolute atomic E-state index is 0.0280. The molecular weight excluding hydrogens is 760 g/mol. The zero-order valence-corrected chi connectivity index (χ0v) is 31.0. The number of urea groups is 2. The second kappa shape index (κ2) is 17.0. The molecule has 3 aliphatic rings. The van der Waals surface area contributed by atoms with E-state index in [2.05, 4.69) is 52.7 Å². The molecule has 0 aliphatic carbocycles. The Bertz CT molecular complexity index is 1490. The molecule has 6 N–H and O–H groups in total. The van der Waals surface area contributed by atoms with Gasteiger partial charge in [-0.25, -0.2) is 9.59 Å². The number of likely N-dealkylation sites (N-methyl/N-ethyl adjacent to an activating group) is 1. The Labute approximate surface area is 304 Å². The highest BCUT2D eigenvalue weighted by Crippen LogP contribution is 2.34. The van der Waals surface area contributed by atoms with Crippen molar-refractivity contribution in [2.45, 2.75) is 63.2 Å². The highest BCUT2D eigenvalue weighted by molar-refractivity contribution is 9.11. The standard InChI is InChI=1S/C34H46Br2N8O5/c1-41-14-16-42(17-15-41)32(47)28(8-4-5-11-37)38-31(46)29(20-22-18-25(35)30(45)26(36)19-22)40-33(48)43-12-9-24(10-13-43)44-21-23-6-2-3-7-27(23)39-34(44)49/h2-3,6-7,18-19,24,28-29,45H,4-5,8-17,20-21,37H2,1H3,(H,38,46)(H,39,49)(H,40,48)/t28-,29+/m0/s1. The summed E-state index contributed by atoms with van der Waals surface area (Å²) in [5.41, 5.74) is 8.30.